The zero-order valence-electron chi connectivity index (χ0n) is 16.1. The molecule has 0 saturated heterocycles. The van der Waals surface area contributed by atoms with Crippen LogP contribution in [0.25, 0.3) is 0 Å². The van der Waals surface area contributed by atoms with Gasteiger partial charge in [0.1, 0.15) is 0 Å². The molecule has 32 heavy (non-hydrogen) atoms. The molecule has 6 nitrogen and oxygen atoms in total. The number of ether oxygens (including phenoxy) is 1. The van der Waals surface area contributed by atoms with Crippen LogP contribution < -0.4 is 0 Å². The first kappa shape index (κ1) is 21.9. The number of carbonyl (C=O) groups excluding carboxylic acids is 1. The van der Waals surface area contributed by atoms with E-state index in [1.165, 1.54) is 0 Å². The number of cyclic esters (lactones) is 1. The molecule has 0 amide bonds. The number of rotatable bonds is 4. The van der Waals surface area contributed by atoms with E-state index in [4.69, 9.17) is 16.3 Å². The maximum Gasteiger partial charge on any atom is 0.459 e. The van der Waals surface area contributed by atoms with Crippen LogP contribution in [0.5, 0.6) is 0 Å². The molecule has 12 heteroatoms. The highest BCUT2D eigenvalue weighted by Gasteiger charge is 2.60. The number of carbonyl (C=O) groups is 1. The van der Waals surface area contributed by atoms with E-state index in [1.807, 2.05) is 0 Å². The zero-order valence-corrected chi connectivity index (χ0v) is 16.9. The molecule has 0 N–H and O–H groups in total. The number of halogens is 6. The van der Waals surface area contributed by atoms with Gasteiger partial charge in [0, 0.05) is 0 Å². The van der Waals surface area contributed by atoms with Crippen LogP contribution in [-0.2, 0) is 17.2 Å². The number of nitrogens with zero attached hydrogens (tertiary/aromatic N) is 4. The fraction of sp³-hybridized carbons (Fsp3) is 0.200. The number of hydrogen-bond donors (Lipinski definition) is 0. The Hall–Kier alpha value is -3.34. The second-order valence-corrected chi connectivity index (χ2v) is 7.33. The topological polar surface area (TPSA) is 69.4 Å². The van der Waals surface area contributed by atoms with E-state index in [0.717, 1.165) is 4.80 Å². The highest BCUT2D eigenvalue weighted by molar-refractivity contribution is 6.36. The van der Waals surface area contributed by atoms with Gasteiger partial charge in [-0.2, -0.15) is 36.9 Å². The molecule has 166 valence electrons. The maximum absolute atomic E-state index is 13.4. The van der Waals surface area contributed by atoms with Crippen molar-refractivity contribution in [3.8, 4) is 0 Å². The van der Waals surface area contributed by atoms with Gasteiger partial charge in [-0.3, -0.25) is 0 Å². The number of aliphatic imine (C=N–C) groups is 1. The van der Waals surface area contributed by atoms with Crippen LogP contribution in [0.1, 0.15) is 32.7 Å². The average Bonchev–Trinajstić information content (AvgIpc) is 3.29. The Morgan fingerprint density at radius 1 is 1.16 bits per heavy atom. The summed E-state index contributed by atoms with van der Waals surface area (Å²) in [7, 11) is 0. The lowest BCUT2D eigenvalue weighted by molar-refractivity contribution is -0.291. The molecule has 0 aliphatic carbocycles. The van der Waals surface area contributed by atoms with Crippen LogP contribution in [-0.4, -0.2) is 33.0 Å². The summed E-state index contributed by atoms with van der Waals surface area (Å²) < 4.78 is 69.4. The van der Waals surface area contributed by atoms with E-state index in [2.05, 4.69) is 15.2 Å². The molecule has 4 rings (SSSR count). The molecule has 1 aliphatic rings. The number of fused-ring (bicyclic) bond motifs is 1. The van der Waals surface area contributed by atoms with Crippen LogP contribution in [0.4, 0.5) is 27.6 Å². The lowest BCUT2D eigenvalue weighted by atomic mass is 10.1. The zero-order chi connectivity index (χ0) is 23.3. The highest BCUT2D eigenvalue weighted by Crippen LogP contribution is 2.42. The van der Waals surface area contributed by atoms with E-state index in [1.54, 1.807) is 43.3 Å². The fourth-order valence-corrected chi connectivity index (χ4v) is 3.32. The molecular weight excluding hydrogens is 459 g/mol. The molecule has 1 aromatic heterocycles. The molecule has 2 aromatic carbocycles. The monoisotopic (exact) mass is 470 g/mol. The van der Waals surface area contributed by atoms with Crippen molar-refractivity contribution < 1.29 is 31.5 Å². The SMILES string of the molecule is Cc1cc(Cn2ncc(C(F)(F)C(F)(F)F)n2)ccc1N=C1OC(=O)c2c(Cl)cccc21. The Labute approximate surface area is 182 Å². The maximum atomic E-state index is 13.4. The van der Waals surface area contributed by atoms with Gasteiger partial charge in [0.2, 0.25) is 5.90 Å². The predicted octanol–water partition coefficient (Wildman–Crippen LogP) is 5.19. The second kappa shape index (κ2) is 7.66. The number of aromatic nitrogens is 3. The highest BCUT2D eigenvalue weighted by atomic mass is 35.5. The van der Waals surface area contributed by atoms with Gasteiger partial charge in [-0.25, -0.2) is 9.79 Å². The molecule has 0 unspecified atom stereocenters. The van der Waals surface area contributed by atoms with E-state index >= 15 is 0 Å². The van der Waals surface area contributed by atoms with Crippen molar-refractivity contribution in [1.82, 2.24) is 15.0 Å². The number of alkyl halides is 5. The van der Waals surface area contributed by atoms with Gasteiger partial charge in [-0.1, -0.05) is 29.8 Å². The summed E-state index contributed by atoms with van der Waals surface area (Å²) in [4.78, 5) is 17.1. The third kappa shape index (κ3) is 3.83. The Kier molecular flexibility index (Phi) is 5.24. The number of benzene rings is 2. The van der Waals surface area contributed by atoms with Crippen molar-refractivity contribution in [3.63, 3.8) is 0 Å². The first-order valence-corrected chi connectivity index (χ1v) is 9.39. The molecule has 0 atom stereocenters. The van der Waals surface area contributed by atoms with Crippen LogP contribution in [0.15, 0.2) is 47.6 Å². The number of esters is 1. The van der Waals surface area contributed by atoms with Crippen molar-refractivity contribution in [2.24, 2.45) is 4.99 Å². The van der Waals surface area contributed by atoms with E-state index < -0.39 is 23.8 Å². The van der Waals surface area contributed by atoms with E-state index in [0.29, 0.717) is 28.6 Å². The van der Waals surface area contributed by atoms with E-state index in [9.17, 15) is 26.7 Å². The summed E-state index contributed by atoms with van der Waals surface area (Å²) in [6, 6.07) is 9.66. The molecule has 0 spiro atoms. The summed E-state index contributed by atoms with van der Waals surface area (Å²) >= 11 is 6.04. The van der Waals surface area contributed by atoms with Crippen LogP contribution in [0.3, 0.4) is 0 Å². The Bertz CT molecular complexity index is 1250. The lowest BCUT2D eigenvalue weighted by Crippen LogP contribution is -2.34. The van der Waals surface area contributed by atoms with Gasteiger partial charge in [-0.15, -0.1) is 0 Å². The minimum atomic E-state index is -5.77. The molecule has 0 fully saturated rings. The van der Waals surface area contributed by atoms with Crippen LogP contribution in [0.2, 0.25) is 5.02 Å². The van der Waals surface area contributed by atoms with Gasteiger partial charge in [-0.05, 0) is 36.2 Å². The van der Waals surface area contributed by atoms with Gasteiger partial charge in [0.25, 0.3) is 0 Å². The summed E-state index contributed by atoms with van der Waals surface area (Å²) in [6.45, 7) is 1.57. The Balaban J connectivity index is 1.57. The van der Waals surface area contributed by atoms with Crippen molar-refractivity contribution in [1.29, 1.82) is 0 Å². The average molecular weight is 471 g/mol. The standard InChI is InChI=1S/C20H12ClF5N4O2/c1-10-7-11(9-30-27-8-15(29-30)19(22,23)20(24,25)26)5-6-14(10)28-17-12-3-2-4-13(21)16(12)18(31)32-17/h2-8H,9H2,1H3. The molecule has 0 bridgehead atoms. The smallest absolute Gasteiger partial charge is 0.403 e. The summed E-state index contributed by atoms with van der Waals surface area (Å²) in [6.07, 6.45) is -5.38. The first-order chi connectivity index (χ1) is 15.0. The van der Waals surface area contributed by atoms with Gasteiger partial charge in [0.05, 0.1) is 34.6 Å². The van der Waals surface area contributed by atoms with Crippen LogP contribution >= 0.6 is 11.6 Å². The quantitative estimate of drug-likeness (QED) is 0.388. The number of hydrogen-bond acceptors (Lipinski definition) is 5. The van der Waals surface area contributed by atoms with Crippen molar-refractivity contribution in [3.05, 3.63) is 75.6 Å². The summed E-state index contributed by atoms with van der Waals surface area (Å²) in [5.41, 5.74) is 0.820. The molecule has 3 aromatic rings. The van der Waals surface area contributed by atoms with Crippen molar-refractivity contribution >= 4 is 29.2 Å². The summed E-state index contributed by atoms with van der Waals surface area (Å²) in [5, 5.41) is 7.00. The third-order valence-electron chi connectivity index (χ3n) is 4.66. The number of aryl methyl sites for hydroxylation is 1. The van der Waals surface area contributed by atoms with Gasteiger partial charge >= 0.3 is 18.1 Å². The lowest BCUT2D eigenvalue weighted by Gasteiger charge is -2.16. The largest absolute Gasteiger partial charge is 0.459 e. The van der Waals surface area contributed by atoms with Crippen LogP contribution in [0, 0.1) is 6.92 Å². The normalized spacial score (nSPS) is 15.2. The fourth-order valence-electron chi connectivity index (χ4n) is 3.06. The second-order valence-electron chi connectivity index (χ2n) is 6.92. The third-order valence-corrected chi connectivity index (χ3v) is 4.97. The molecule has 0 radical (unpaired) electrons. The Morgan fingerprint density at radius 2 is 1.91 bits per heavy atom. The minimum Gasteiger partial charge on any atom is -0.403 e. The van der Waals surface area contributed by atoms with Crippen molar-refractivity contribution in [2.75, 3.05) is 0 Å². The molecular formula is C20H12ClF5N4O2. The predicted molar refractivity (Wildman–Crippen MR) is 103 cm³/mol. The first-order valence-electron chi connectivity index (χ1n) is 9.02. The minimum absolute atomic E-state index is 0.0797. The van der Waals surface area contributed by atoms with Gasteiger partial charge in [0.15, 0.2) is 5.69 Å². The van der Waals surface area contributed by atoms with E-state index in [-0.39, 0.29) is 23.0 Å². The summed E-state index contributed by atoms with van der Waals surface area (Å²) in [5.74, 6) is -5.63. The molecule has 0 saturated carbocycles. The Morgan fingerprint density at radius 3 is 2.59 bits per heavy atom. The molecule has 2 heterocycles. The van der Waals surface area contributed by atoms with Crippen molar-refractivity contribution in [2.45, 2.75) is 25.6 Å². The van der Waals surface area contributed by atoms with Gasteiger partial charge < -0.3 is 4.74 Å². The molecule has 1 aliphatic heterocycles.